The number of thioether (sulfide) groups is 1. The fourth-order valence-corrected chi connectivity index (χ4v) is 6.28. The summed E-state index contributed by atoms with van der Waals surface area (Å²) in [5.74, 6) is -0.955. The first-order chi connectivity index (χ1) is 19.4. The summed E-state index contributed by atoms with van der Waals surface area (Å²) >= 11 is 2.57. The van der Waals surface area contributed by atoms with Gasteiger partial charge < -0.3 is 25.0 Å². The Morgan fingerprint density at radius 1 is 1.05 bits per heavy atom. The van der Waals surface area contributed by atoms with Crippen molar-refractivity contribution in [2.24, 2.45) is 0 Å². The van der Waals surface area contributed by atoms with Gasteiger partial charge in [-0.3, -0.25) is 9.59 Å². The number of benzene rings is 2. The fourth-order valence-electron chi connectivity index (χ4n) is 4.26. The largest absolute Gasteiger partial charge is 0.465 e. The van der Waals surface area contributed by atoms with Gasteiger partial charge in [0, 0.05) is 27.6 Å². The summed E-state index contributed by atoms with van der Waals surface area (Å²) in [6.45, 7) is 8.03. The van der Waals surface area contributed by atoms with Gasteiger partial charge in [-0.15, -0.1) is 23.1 Å². The molecule has 1 aliphatic heterocycles. The van der Waals surface area contributed by atoms with E-state index in [1.54, 1.807) is 23.1 Å². The fraction of sp³-hybridized carbons (Fsp3) is 0.333. The van der Waals surface area contributed by atoms with Gasteiger partial charge in [0.25, 0.3) is 5.91 Å². The molecule has 41 heavy (non-hydrogen) atoms. The monoisotopic (exact) mass is 595 g/mol. The first kappa shape index (κ1) is 30.1. The topological polar surface area (TPSA) is 114 Å². The first-order valence-corrected chi connectivity index (χ1v) is 14.8. The third-order valence-corrected chi connectivity index (χ3v) is 8.22. The number of carbonyl (C=O) groups is 4. The molecule has 216 valence electrons. The van der Waals surface area contributed by atoms with Crippen LogP contribution in [0.25, 0.3) is 0 Å². The van der Waals surface area contributed by atoms with Crippen molar-refractivity contribution in [2.45, 2.75) is 51.2 Å². The van der Waals surface area contributed by atoms with E-state index in [4.69, 9.17) is 9.47 Å². The molecule has 0 radical (unpaired) electrons. The molecule has 9 nitrogen and oxygen atoms in total. The third-order valence-electron chi connectivity index (χ3n) is 6.09. The SMILES string of the molecule is COC(=O)c1c(NC(=O)CSc2cccc(NC(=O)c3cccc(C)c3)c2)sc2c1CCN(C(=O)OC(C)(C)C)C2. The molecule has 0 unspecified atom stereocenters. The molecule has 0 fully saturated rings. The van der Waals surface area contributed by atoms with Crippen LogP contribution in [0.5, 0.6) is 0 Å². The number of aryl methyl sites for hydroxylation is 1. The van der Waals surface area contributed by atoms with Gasteiger partial charge in [0.15, 0.2) is 0 Å². The lowest BCUT2D eigenvalue weighted by Crippen LogP contribution is -2.39. The van der Waals surface area contributed by atoms with E-state index in [9.17, 15) is 19.2 Å². The number of hydrogen-bond acceptors (Lipinski definition) is 8. The third kappa shape index (κ3) is 7.89. The highest BCUT2D eigenvalue weighted by atomic mass is 32.2. The Morgan fingerprint density at radius 2 is 1.80 bits per heavy atom. The Labute approximate surface area is 247 Å². The molecule has 3 amide bonds. The van der Waals surface area contributed by atoms with E-state index in [2.05, 4.69) is 10.6 Å². The highest BCUT2D eigenvalue weighted by molar-refractivity contribution is 8.00. The zero-order chi connectivity index (χ0) is 29.7. The lowest BCUT2D eigenvalue weighted by molar-refractivity contribution is -0.113. The number of methoxy groups -OCH3 is 1. The normalized spacial score (nSPS) is 12.8. The molecule has 0 saturated carbocycles. The van der Waals surface area contributed by atoms with Gasteiger partial charge in [-0.1, -0.05) is 23.8 Å². The number of fused-ring (bicyclic) bond motifs is 1. The summed E-state index contributed by atoms with van der Waals surface area (Å²) < 4.78 is 10.5. The molecular weight excluding hydrogens is 562 g/mol. The molecule has 1 aliphatic rings. The number of carbonyl (C=O) groups excluding carboxylic acids is 4. The second-order valence-electron chi connectivity index (χ2n) is 10.5. The van der Waals surface area contributed by atoms with Crippen molar-refractivity contribution < 1.29 is 28.7 Å². The van der Waals surface area contributed by atoms with Crippen molar-refractivity contribution in [3.63, 3.8) is 0 Å². The molecule has 0 spiro atoms. The summed E-state index contributed by atoms with van der Waals surface area (Å²) in [5, 5.41) is 6.16. The van der Waals surface area contributed by atoms with E-state index in [0.717, 1.165) is 20.9 Å². The lowest BCUT2D eigenvalue weighted by Gasteiger charge is -2.30. The molecule has 2 heterocycles. The Bertz CT molecular complexity index is 1480. The number of anilines is 2. The Morgan fingerprint density at radius 3 is 2.51 bits per heavy atom. The van der Waals surface area contributed by atoms with Crippen LogP contribution in [0.1, 0.15) is 57.5 Å². The van der Waals surface area contributed by atoms with E-state index >= 15 is 0 Å². The molecule has 0 bridgehead atoms. The number of hydrogen-bond donors (Lipinski definition) is 2. The number of thiophene rings is 1. The number of rotatable bonds is 7. The van der Waals surface area contributed by atoms with E-state index in [0.29, 0.717) is 34.8 Å². The van der Waals surface area contributed by atoms with Crippen molar-refractivity contribution in [2.75, 3.05) is 30.0 Å². The first-order valence-electron chi connectivity index (χ1n) is 13.0. The average Bonchev–Trinajstić information content (AvgIpc) is 3.27. The lowest BCUT2D eigenvalue weighted by atomic mass is 10.0. The molecule has 0 saturated heterocycles. The van der Waals surface area contributed by atoms with Gasteiger partial charge in [0.2, 0.25) is 5.91 Å². The summed E-state index contributed by atoms with van der Waals surface area (Å²) in [4.78, 5) is 54.0. The molecular formula is C30H33N3O6S2. The number of amides is 3. The van der Waals surface area contributed by atoms with Crippen molar-refractivity contribution in [3.8, 4) is 0 Å². The van der Waals surface area contributed by atoms with Crippen molar-refractivity contribution in [1.29, 1.82) is 0 Å². The second-order valence-corrected chi connectivity index (χ2v) is 12.7. The van der Waals surface area contributed by atoms with E-state index in [1.807, 2.05) is 58.0 Å². The number of nitrogens with one attached hydrogen (secondary N) is 2. The molecule has 4 rings (SSSR count). The van der Waals surface area contributed by atoms with Crippen molar-refractivity contribution in [3.05, 3.63) is 75.7 Å². The van der Waals surface area contributed by atoms with Crippen LogP contribution in [0.15, 0.2) is 53.4 Å². The van der Waals surface area contributed by atoms with Crippen LogP contribution in [0.3, 0.4) is 0 Å². The van der Waals surface area contributed by atoms with Crippen molar-refractivity contribution >= 4 is 57.7 Å². The summed E-state index contributed by atoms with van der Waals surface area (Å²) in [5.41, 5.74) is 2.67. The Balaban J connectivity index is 1.41. The van der Waals surface area contributed by atoms with Crippen molar-refractivity contribution in [1.82, 2.24) is 4.90 Å². The Kier molecular flexibility index (Phi) is 9.39. The summed E-state index contributed by atoms with van der Waals surface area (Å²) in [6, 6.07) is 14.6. The smallest absolute Gasteiger partial charge is 0.410 e. The van der Waals surface area contributed by atoms with Crippen LogP contribution in [0.2, 0.25) is 0 Å². The van der Waals surface area contributed by atoms with Crippen LogP contribution >= 0.6 is 23.1 Å². The van der Waals surface area contributed by atoms with Crippen LogP contribution < -0.4 is 10.6 Å². The van der Waals surface area contributed by atoms with Gasteiger partial charge in [0.1, 0.15) is 10.6 Å². The zero-order valence-electron chi connectivity index (χ0n) is 23.7. The number of esters is 1. The molecule has 3 aromatic rings. The minimum Gasteiger partial charge on any atom is -0.465 e. The van der Waals surface area contributed by atoms with Crippen LogP contribution in [0, 0.1) is 6.92 Å². The van der Waals surface area contributed by atoms with Gasteiger partial charge >= 0.3 is 12.1 Å². The highest BCUT2D eigenvalue weighted by Crippen LogP contribution is 2.38. The zero-order valence-corrected chi connectivity index (χ0v) is 25.3. The molecule has 2 N–H and O–H groups in total. The van der Waals surface area contributed by atoms with Crippen LogP contribution in [-0.4, -0.2) is 53.8 Å². The van der Waals surface area contributed by atoms with Crippen LogP contribution in [-0.2, 0) is 27.2 Å². The number of nitrogens with zero attached hydrogens (tertiary/aromatic N) is 1. The maximum atomic E-state index is 12.9. The predicted octanol–water partition coefficient (Wildman–Crippen LogP) is 6.12. The predicted molar refractivity (Wildman–Crippen MR) is 161 cm³/mol. The van der Waals surface area contributed by atoms with E-state index in [-0.39, 0.29) is 24.1 Å². The molecule has 11 heteroatoms. The quantitative estimate of drug-likeness (QED) is 0.250. The molecule has 0 aliphatic carbocycles. The van der Waals surface area contributed by atoms with Gasteiger partial charge in [0.05, 0.1) is 25.0 Å². The summed E-state index contributed by atoms with van der Waals surface area (Å²) in [7, 11) is 1.30. The minimum atomic E-state index is -0.618. The number of ether oxygens (including phenoxy) is 2. The second kappa shape index (κ2) is 12.8. The maximum absolute atomic E-state index is 12.9. The van der Waals surface area contributed by atoms with Gasteiger partial charge in [-0.2, -0.15) is 0 Å². The average molecular weight is 596 g/mol. The van der Waals surface area contributed by atoms with E-state index < -0.39 is 17.7 Å². The van der Waals surface area contributed by atoms with Crippen LogP contribution in [0.4, 0.5) is 15.5 Å². The maximum Gasteiger partial charge on any atom is 0.410 e. The van der Waals surface area contributed by atoms with E-state index in [1.165, 1.54) is 30.2 Å². The molecule has 2 aromatic carbocycles. The summed E-state index contributed by atoms with van der Waals surface area (Å²) in [6.07, 6.45) is 0.0248. The Hall–Kier alpha value is -3.83. The minimum absolute atomic E-state index is 0.0858. The van der Waals surface area contributed by atoms with Gasteiger partial charge in [-0.25, -0.2) is 9.59 Å². The highest BCUT2D eigenvalue weighted by Gasteiger charge is 2.32. The molecule has 1 aromatic heterocycles. The molecule has 0 atom stereocenters. The standard InChI is InChI=1S/C30H33N3O6S2/c1-18-8-6-9-19(14-18)26(35)31-20-10-7-11-21(15-20)40-17-24(34)32-27-25(28(36)38-5)22-12-13-33(16-23(22)41-27)29(37)39-30(2,3)4/h6-11,14-15H,12-13,16-17H2,1-5H3,(H,31,35)(H,32,34). The van der Waals surface area contributed by atoms with Gasteiger partial charge in [-0.05, 0) is 70.0 Å².